The molecule has 1 N–H and O–H groups in total. The van der Waals surface area contributed by atoms with Gasteiger partial charge in [0.1, 0.15) is 11.5 Å². The first-order valence-corrected chi connectivity index (χ1v) is 23.7. The van der Waals surface area contributed by atoms with Gasteiger partial charge in [-0.25, -0.2) is 0 Å². The van der Waals surface area contributed by atoms with E-state index in [4.69, 9.17) is 0 Å². The Labute approximate surface area is 395 Å². The lowest BCUT2D eigenvalue weighted by Crippen LogP contribution is -2.28. The van der Waals surface area contributed by atoms with Crippen molar-refractivity contribution in [3.05, 3.63) is 231 Å². The zero-order valence-electron chi connectivity index (χ0n) is 36.7. The lowest BCUT2D eigenvalue weighted by Gasteiger charge is -2.18. The summed E-state index contributed by atoms with van der Waals surface area (Å²) in [5.41, 5.74) is 3.68. The summed E-state index contributed by atoms with van der Waals surface area (Å²) in [5.74, 6) is -0.103. The molecule has 0 bridgehead atoms. The van der Waals surface area contributed by atoms with Crippen molar-refractivity contribution in [1.29, 1.82) is 0 Å². The summed E-state index contributed by atoms with van der Waals surface area (Å²) in [6, 6.07) is 76.4. The lowest BCUT2D eigenvalue weighted by molar-refractivity contribution is -0.0500. The normalized spacial score (nSPS) is 11.9. The number of aromatic hydroxyl groups is 1. The van der Waals surface area contributed by atoms with Crippen LogP contribution in [0.4, 0.5) is 13.2 Å². The summed E-state index contributed by atoms with van der Waals surface area (Å²) >= 11 is 0. The fourth-order valence-corrected chi connectivity index (χ4v) is 10.2. The maximum Gasteiger partial charge on any atom is 0.534 e. The highest BCUT2D eigenvalue weighted by atomic mass is 32.2. The Kier molecular flexibility index (Phi) is 10.8. The first kappa shape index (κ1) is 43.1. The number of halogens is 3. The highest BCUT2D eigenvalue weighted by Gasteiger charge is 2.48. The van der Waals surface area contributed by atoms with Crippen LogP contribution in [-0.4, -0.2) is 19.0 Å². The molecule has 12 aromatic rings. The zero-order chi connectivity index (χ0) is 47.3. The van der Waals surface area contributed by atoms with E-state index in [0.29, 0.717) is 11.1 Å². The second-order valence-corrected chi connectivity index (χ2v) is 18.4. The maximum absolute atomic E-state index is 12.8. The molecule has 0 atom stereocenters. The molecule has 8 heteroatoms. The summed E-state index contributed by atoms with van der Waals surface area (Å²) in [5, 5.41) is 22.7. The predicted molar refractivity (Wildman–Crippen MR) is 277 cm³/mol. The quantitative estimate of drug-likeness (QED) is 0.103. The number of benzene rings is 12. The average molecular weight is 925 g/mol. The van der Waals surface area contributed by atoms with Crippen molar-refractivity contribution in [3.63, 3.8) is 0 Å². The molecule has 4 nitrogen and oxygen atoms in total. The van der Waals surface area contributed by atoms with Crippen LogP contribution in [0, 0.1) is 0 Å². The van der Waals surface area contributed by atoms with Crippen LogP contribution in [0.3, 0.4) is 0 Å². The van der Waals surface area contributed by atoms with Crippen molar-refractivity contribution in [2.24, 2.45) is 0 Å². The van der Waals surface area contributed by atoms with Crippen LogP contribution in [-0.2, 0) is 10.1 Å². The van der Waals surface area contributed by atoms with E-state index < -0.39 is 21.4 Å². The molecule has 0 spiro atoms. The van der Waals surface area contributed by atoms with Gasteiger partial charge in [0.05, 0.1) is 0 Å². The molecular formula is C61H39F3O4S. The molecule has 0 saturated carbocycles. The van der Waals surface area contributed by atoms with Crippen LogP contribution in [0.25, 0.3) is 109 Å². The number of alkyl halides is 3. The van der Waals surface area contributed by atoms with E-state index >= 15 is 0 Å². The van der Waals surface area contributed by atoms with Gasteiger partial charge in [0, 0.05) is 0 Å². The number of fused-ring (bicyclic) bond motifs is 6. The largest absolute Gasteiger partial charge is 0.534 e. The summed E-state index contributed by atoms with van der Waals surface area (Å²) in [6.07, 6.45) is 0. The van der Waals surface area contributed by atoms with Crippen LogP contribution in [0.15, 0.2) is 231 Å². The average Bonchev–Trinajstić information content (AvgIpc) is 3.37. The van der Waals surface area contributed by atoms with Gasteiger partial charge in [-0.3, -0.25) is 0 Å². The van der Waals surface area contributed by atoms with E-state index in [2.05, 4.69) is 138 Å². The number of hydrogen-bond donors (Lipinski definition) is 1. The Morgan fingerprint density at radius 3 is 1.01 bits per heavy atom. The predicted octanol–water partition coefficient (Wildman–Crippen LogP) is 16.9. The molecule has 0 unspecified atom stereocenters. The zero-order valence-corrected chi connectivity index (χ0v) is 37.5. The molecule has 0 amide bonds. The topological polar surface area (TPSA) is 63.6 Å². The molecule has 0 aromatic heterocycles. The first-order valence-electron chi connectivity index (χ1n) is 22.3. The van der Waals surface area contributed by atoms with Gasteiger partial charge >= 0.3 is 15.6 Å². The Morgan fingerprint density at radius 2 is 0.638 bits per heavy atom. The molecule has 0 saturated heterocycles. The molecule has 0 radical (unpaired) electrons. The number of rotatable bonds is 6. The third-order valence-corrected chi connectivity index (χ3v) is 13.7. The molecule has 0 fully saturated rings. The molecular weight excluding hydrogens is 886 g/mol. The first-order chi connectivity index (χ1) is 33.5. The fourth-order valence-electron chi connectivity index (χ4n) is 9.70. The minimum absolute atomic E-state index is 0.295. The van der Waals surface area contributed by atoms with Crippen molar-refractivity contribution < 1.29 is 30.9 Å². The van der Waals surface area contributed by atoms with Gasteiger partial charge in [-0.15, -0.1) is 0 Å². The smallest absolute Gasteiger partial charge is 0.508 e. The molecule has 12 aromatic carbocycles. The number of phenolic OH excluding ortho intramolecular Hbond substituents is 1. The second-order valence-electron chi connectivity index (χ2n) is 16.9. The Morgan fingerprint density at radius 1 is 0.333 bits per heavy atom. The highest BCUT2D eigenvalue weighted by Crippen LogP contribution is 2.46. The highest BCUT2D eigenvalue weighted by molar-refractivity contribution is 7.88. The fraction of sp³-hybridized carbons (Fsp3) is 0.0164. The monoisotopic (exact) mass is 924 g/mol. The van der Waals surface area contributed by atoms with Gasteiger partial charge in [-0.2, -0.15) is 21.6 Å². The van der Waals surface area contributed by atoms with E-state index in [-0.39, 0.29) is 0 Å². The van der Waals surface area contributed by atoms with E-state index in [1.807, 2.05) is 66.7 Å². The van der Waals surface area contributed by atoms with E-state index in [1.165, 1.54) is 55.9 Å². The van der Waals surface area contributed by atoms with E-state index in [1.54, 1.807) is 18.2 Å². The van der Waals surface area contributed by atoms with Crippen LogP contribution >= 0.6 is 0 Å². The standard InChI is InChI=1S/C31H19F3O3S.C30H20O/c32-31(33,34)38(35,36)37-24-17-16-21-18-23(15-14-22(21)19-24)30-27-12-6-4-10-25(27)29(20-8-2-1-3-9-20)26-11-5-7-13-28(26)30;31-24-17-16-21-18-23(15-14-22(21)19-24)30-27-12-6-4-10-25(27)29(20-8-2-1-3-9-20)26-11-5-7-13-28(26)30/h1-19H;1-19,31H. The van der Waals surface area contributed by atoms with Crippen molar-refractivity contribution >= 4 is 74.8 Å². The third-order valence-electron chi connectivity index (χ3n) is 12.7. The van der Waals surface area contributed by atoms with Crippen molar-refractivity contribution in [2.75, 3.05) is 0 Å². The van der Waals surface area contributed by atoms with Crippen LogP contribution < -0.4 is 4.18 Å². The summed E-state index contributed by atoms with van der Waals surface area (Å²) in [6.45, 7) is 0. The van der Waals surface area contributed by atoms with Crippen molar-refractivity contribution in [1.82, 2.24) is 0 Å². The third kappa shape index (κ3) is 7.94. The van der Waals surface area contributed by atoms with Crippen molar-refractivity contribution in [3.8, 4) is 56.0 Å². The molecule has 0 aliphatic carbocycles. The summed E-state index contributed by atoms with van der Waals surface area (Å²) < 4.78 is 65.4. The Bertz CT molecular complexity index is 3950. The molecule has 0 aliphatic heterocycles. The molecule has 334 valence electrons. The van der Waals surface area contributed by atoms with Crippen LogP contribution in [0.5, 0.6) is 11.5 Å². The van der Waals surface area contributed by atoms with E-state index in [9.17, 15) is 26.7 Å². The number of phenols is 1. The van der Waals surface area contributed by atoms with Gasteiger partial charge < -0.3 is 9.29 Å². The van der Waals surface area contributed by atoms with Gasteiger partial charge in [0.15, 0.2) is 0 Å². The number of hydrogen-bond acceptors (Lipinski definition) is 4. The molecule has 69 heavy (non-hydrogen) atoms. The molecule has 0 heterocycles. The SMILES string of the molecule is O=S(=O)(Oc1ccc2cc(-c3c4ccccc4c(-c4ccccc4)c4ccccc34)ccc2c1)C(F)(F)F.Oc1ccc2cc(-c3c4ccccc4c(-c4ccccc4)c4ccccc34)ccc2c1. The van der Waals surface area contributed by atoms with Gasteiger partial charge in [-0.1, -0.05) is 194 Å². The minimum Gasteiger partial charge on any atom is -0.508 e. The maximum atomic E-state index is 12.8. The second kappa shape index (κ2) is 17.3. The lowest BCUT2D eigenvalue weighted by atomic mass is 9.85. The van der Waals surface area contributed by atoms with Crippen LogP contribution in [0.2, 0.25) is 0 Å². The van der Waals surface area contributed by atoms with Gasteiger partial charge in [0.25, 0.3) is 0 Å². The van der Waals surface area contributed by atoms with Gasteiger partial charge in [0.2, 0.25) is 0 Å². The van der Waals surface area contributed by atoms with Gasteiger partial charge in [-0.05, 0) is 146 Å². The van der Waals surface area contributed by atoms with Crippen molar-refractivity contribution in [2.45, 2.75) is 5.51 Å². The molecule has 12 rings (SSSR count). The minimum atomic E-state index is -5.75. The van der Waals surface area contributed by atoms with E-state index in [0.717, 1.165) is 60.0 Å². The summed E-state index contributed by atoms with van der Waals surface area (Å²) in [7, 11) is -5.75. The Balaban J connectivity index is 0.000000154. The Hall–Kier alpha value is -8.46. The van der Waals surface area contributed by atoms with Crippen LogP contribution in [0.1, 0.15) is 0 Å². The molecule has 0 aliphatic rings. The summed E-state index contributed by atoms with van der Waals surface area (Å²) in [4.78, 5) is 0.